The minimum absolute atomic E-state index is 0. The van der Waals surface area contributed by atoms with Crippen molar-refractivity contribution in [1.82, 2.24) is 58.6 Å². The fourth-order valence-electron chi connectivity index (χ4n) is 15.5. The van der Waals surface area contributed by atoms with Crippen LogP contribution in [0, 0.1) is 133 Å². The summed E-state index contributed by atoms with van der Waals surface area (Å²) in [6.07, 6.45) is 8.84. The number of halogens is 6. The number of hydrogen-bond donors (Lipinski definition) is 1. The molecule has 6 aromatic heterocycles. The number of aryl methyl sites for hydroxylation is 12. The summed E-state index contributed by atoms with van der Waals surface area (Å²) in [4.78, 5) is 28.2. The van der Waals surface area contributed by atoms with Crippen LogP contribution in [0.25, 0.3) is 79.6 Å². The van der Waals surface area contributed by atoms with Crippen molar-refractivity contribution in [2.75, 3.05) is 0 Å². The maximum Gasteiger partial charge on any atom is 3.00 e. The number of benzene rings is 12. The van der Waals surface area contributed by atoms with E-state index in [1.807, 2.05) is 227 Å². The van der Waals surface area contributed by atoms with Gasteiger partial charge >= 0.3 is 52.6 Å². The Kier molecular flexibility index (Phi) is 43.9. The van der Waals surface area contributed by atoms with Crippen molar-refractivity contribution >= 4 is 24.5 Å². The largest absolute Gasteiger partial charge is 3.00 e. The van der Waals surface area contributed by atoms with Gasteiger partial charge in [-0.3, -0.25) is 26.5 Å². The van der Waals surface area contributed by atoms with Gasteiger partial charge in [0.1, 0.15) is 11.4 Å². The number of allylic oxidation sites excluding steroid dienone is 3. The maximum atomic E-state index is 12.7. The molecule has 138 heavy (non-hydrogen) atoms. The average molecular weight is 2570 g/mol. The number of carboxylic acid groups (broad SMARTS) is 1. The Morgan fingerprint density at radius 2 is 0.659 bits per heavy atom. The van der Waals surface area contributed by atoms with E-state index < -0.39 is 37.6 Å². The summed E-state index contributed by atoms with van der Waals surface area (Å²) < 4.78 is 83.3. The molecule has 712 valence electrons. The fraction of sp³-hybridized carbons (Fsp3) is 0.150. The van der Waals surface area contributed by atoms with Crippen LogP contribution < -0.4 is 20.8 Å². The summed E-state index contributed by atoms with van der Waals surface area (Å²) in [5.74, 6) is 2.79. The van der Waals surface area contributed by atoms with Crippen LogP contribution in [0.15, 0.2) is 334 Å². The molecular weight excluding hydrogens is 2470 g/mol. The quantitative estimate of drug-likeness (QED) is 0.0452. The molecule has 0 amide bonds. The molecule has 2 radical (unpaired) electrons. The van der Waals surface area contributed by atoms with Crippen LogP contribution in [0.3, 0.4) is 0 Å². The Morgan fingerprint density at radius 1 is 0.391 bits per heavy atom. The third-order valence-corrected chi connectivity index (χ3v) is 23.4. The van der Waals surface area contributed by atoms with Crippen LogP contribution in [0.1, 0.15) is 108 Å². The van der Waals surface area contributed by atoms with Gasteiger partial charge in [0.15, 0.2) is 0 Å². The first-order valence-corrected chi connectivity index (χ1v) is 44.6. The van der Waals surface area contributed by atoms with Gasteiger partial charge in [0.2, 0.25) is 5.97 Å². The molecule has 14 nitrogen and oxygen atoms in total. The number of imidazole rings is 4. The number of aromatic nitrogens is 12. The molecule has 18 aromatic rings. The van der Waals surface area contributed by atoms with E-state index in [9.17, 15) is 31.1 Å². The van der Waals surface area contributed by atoms with E-state index in [2.05, 4.69) is 234 Å². The molecule has 6 heterocycles. The Balaban J connectivity index is 0.000000218. The van der Waals surface area contributed by atoms with Crippen LogP contribution in [0.4, 0.5) is 26.3 Å². The van der Waals surface area contributed by atoms with Crippen molar-refractivity contribution < 1.29 is 117 Å². The Hall–Kier alpha value is -12.7. The minimum Gasteiger partial charge on any atom is -0.618 e. The number of hydrogen-bond acceptors (Lipinski definition) is 7. The molecule has 0 aliphatic rings. The molecular formula is C113H102F6Ir4N12O2P-3. The van der Waals surface area contributed by atoms with Gasteiger partial charge in [0.05, 0.1) is 48.0 Å². The molecule has 25 heteroatoms. The zero-order valence-corrected chi connectivity index (χ0v) is 89.0. The first-order chi connectivity index (χ1) is 64.2. The summed E-state index contributed by atoms with van der Waals surface area (Å²) in [5.41, 5.74) is 25.3. The fourth-order valence-corrected chi connectivity index (χ4v) is 18.0. The van der Waals surface area contributed by atoms with Crippen LogP contribution >= 0.6 is 7.92 Å². The molecule has 1 N–H and O–H groups in total. The molecule has 12 aromatic carbocycles. The van der Waals surface area contributed by atoms with Gasteiger partial charge in [-0.05, 0) is 158 Å². The van der Waals surface area contributed by atoms with Crippen molar-refractivity contribution in [3.8, 4) is 79.6 Å². The van der Waals surface area contributed by atoms with Gasteiger partial charge in [-0.1, -0.05) is 133 Å². The number of alkyl halides is 6. The predicted octanol–water partition coefficient (Wildman–Crippen LogP) is 26.3. The topological polar surface area (TPSA) is 163 Å². The first kappa shape index (κ1) is 112. The molecule has 0 atom stereocenters. The molecule has 0 aliphatic carbocycles. The summed E-state index contributed by atoms with van der Waals surface area (Å²) >= 11 is 0. The zero-order chi connectivity index (χ0) is 96.2. The van der Waals surface area contributed by atoms with E-state index in [4.69, 9.17) is 11.7 Å². The predicted molar refractivity (Wildman–Crippen MR) is 527 cm³/mol. The first-order valence-electron chi connectivity index (χ1n) is 42.9. The van der Waals surface area contributed by atoms with Gasteiger partial charge in [-0.15, -0.1) is 210 Å². The van der Waals surface area contributed by atoms with Crippen molar-refractivity contribution in [3.63, 3.8) is 0 Å². The van der Waals surface area contributed by atoms with Gasteiger partial charge in [0, 0.05) is 113 Å². The molecule has 0 saturated carbocycles. The monoisotopic (exact) mass is 2580 g/mol. The third kappa shape index (κ3) is 31.7. The molecule has 0 fully saturated rings. The number of aromatic carboxylic acids is 1. The maximum absolute atomic E-state index is 12.7. The van der Waals surface area contributed by atoms with Crippen LogP contribution in [0.5, 0.6) is 0 Å². The van der Waals surface area contributed by atoms with Gasteiger partial charge in [-0.2, -0.15) is 31.9 Å². The van der Waals surface area contributed by atoms with E-state index in [1.165, 1.54) is 95.6 Å². The second-order valence-corrected chi connectivity index (χ2v) is 34.4. The second kappa shape index (κ2) is 53.9. The Labute approximate surface area is 860 Å². The molecule has 0 unspecified atom stereocenters. The number of carbonyl (C=O) groups is 1. The minimum atomic E-state index is -4.45. The van der Waals surface area contributed by atoms with Crippen molar-refractivity contribution in [1.29, 1.82) is 0 Å². The second-order valence-electron chi connectivity index (χ2n) is 31.9. The smallest absolute Gasteiger partial charge is 0.618 e. The zero-order valence-electron chi connectivity index (χ0n) is 78.4. The SMILES string of the molecule is Cc1cc(C)c(-n2ccnc2-c2[c-]cccc2)c(C)c1.Cc1cc(C)c(-n2ccnc2-c2[c-]cccc2)c(C)c1.Cc1cc(C)c(-n2ccnc2-c2[c-]cccc2)c(C)c1.Cc1cc(C)c(-n2ccnc2-c2[c-]cccc2)c(C)c1.FC(F)(F)c1cc(-c2[c-]cccc2)[n-]n1.FC(F)(F)c1cc(C[PH+](c2ccccc2)c2ccccc2)[n-]n1.O=C(O)c1[c-]cccc1.[CH-]=C(C)C=C([CH2-])C.[Ir+3].[Ir+3].[Ir].[Ir]. The van der Waals surface area contributed by atoms with Crippen LogP contribution in [-0.2, 0) is 98.9 Å². The standard InChI is InChI=1S/4C18H17N2.C17H13F3N2P.C10H5F3N2.C7H5O2.C7H10.4Ir/c4*1-13-11-14(2)17(15(3)12-13)20-10-9-19-18(20)16-7-5-4-6-8-16;18-17(19,20)16-11-13(21-22-16)12-23(14-7-3-1-4-8-14)15-9-5-2-6-10-15;11-10(12,13)9-6-8(14-15-9)7-4-2-1-3-5-7;8-7(9)6-4-2-1-3-5-6;1-6(2)5-7(3)4;;;;/h4*4-7,9-12H,1-3H3;1-11H,12H2;1-4,6H;1-4H,(H,8,9);1,5H,3H2,2,4H3;;;;/q5*-1;-2;-1;-2;;;2*+3/p+1. The molecule has 0 saturated heterocycles. The molecule has 0 bridgehead atoms. The average Bonchev–Trinajstić information content (AvgIpc) is 1.63. The Bertz CT molecular complexity index is 6210. The van der Waals surface area contributed by atoms with Crippen molar-refractivity contribution in [2.45, 2.75) is 115 Å². The van der Waals surface area contributed by atoms with E-state index >= 15 is 0 Å². The number of nitrogens with zero attached hydrogens (tertiary/aromatic N) is 12. The summed E-state index contributed by atoms with van der Waals surface area (Å²) in [7, 11) is -1.25. The summed E-state index contributed by atoms with van der Waals surface area (Å²) in [6, 6.07) is 103. The molecule has 0 aliphatic heterocycles. The van der Waals surface area contributed by atoms with Crippen molar-refractivity contribution in [3.05, 3.63) is 473 Å². The molecule has 18 rings (SSSR count). The Morgan fingerprint density at radius 3 is 0.884 bits per heavy atom. The molecule has 0 spiro atoms. The van der Waals surface area contributed by atoms with E-state index in [-0.39, 0.29) is 91.7 Å². The summed E-state index contributed by atoms with van der Waals surface area (Å²) in [5, 5.41) is 24.2. The van der Waals surface area contributed by atoms with Gasteiger partial charge in [-0.25, -0.2) is 29.8 Å². The van der Waals surface area contributed by atoms with Crippen molar-refractivity contribution in [2.24, 2.45) is 0 Å². The van der Waals surface area contributed by atoms with E-state index in [1.54, 1.807) is 42.5 Å². The van der Waals surface area contributed by atoms with E-state index in [0.717, 1.165) is 79.4 Å². The third-order valence-electron chi connectivity index (χ3n) is 20.6. The number of rotatable bonds is 15. The summed E-state index contributed by atoms with van der Waals surface area (Å²) in [6.45, 7) is 38.4. The number of carboxylic acids is 1. The normalized spacial score (nSPS) is 10.6. The van der Waals surface area contributed by atoms with Gasteiger partial charge < -0.3 is 48.6 Å². The van der Waals surface area contributed by atoms with Gasteiger partial charge in [0.25, 0.3) is 0 Å². The van der Waals surface area contributed by atoms with Crippen LogP contribution in [-0.4, -0.2) is 59.5 Å². The van der Waals surface area contributed by atoms with E-state index in [0.29, 0.717) is 17.4 Å². The van der Waals surface area contributed by atoms with Crippen LogP contribution in [0.2, 0.25) is 0 Å².